The highest BCUT2D eigenvalue weighted by Gasteiger charge is 2.15. The second-order valence-electron chi connectivity index (χ2n) is 6.12. The third kappa shape index (κ3) is 5.40. The summed E-state index contributed by atoms with van der Waals surface area (Å²) in [6, 6.07) is 5.40. The van der Waals surface area contributed by atoms with E-state index in [1.165, 1.54) is 0 Å². The number of hydrogen-bond acceptors (Lipinski definition) is 6. The Morgan fingerprint density at radius 3 is 2.42 bits per heavy atom. The van der Waals surface area contributed by atoms with Gasteiger partial charge in [-0.15, -0.1) is 12.4 Å². The van der Waals surface area contributed by atoms with E-state index in [-0.39, 0.29) is 31.0 Å². The van der Waals surface area contributed by atoms with Crippen molar-refractivity contribution in [3.05, 3.63) is 34.4 Å². The van der Waals surface area contributed by atoms with Crippen molar-refractivity contribution in [2.24, 2.45) is 0 Å². The van der Waals surface area contributed by atoms with E-state index in [9.17, 15) is 0 Å². The van der Waals surface area contributed by atoms with Gasteiger partial charge in [0.2, 0.25) is 0 Å². The maximum Gasteiger partial charge on any atom is 0.168 e. The fourth-order valence-corrected chi connectivity index (χ4v) is 2.77. The van der Waals surface area contributed by atoms with E-state index in [0.717, 1.165) is 15.8 Å². The van der Waals surface area contributed by atoms with Crippen molar-refractivity contribution >= 4 is 39.8 Å². The molecule has 0 aliphatic carbocycles. The molecular weight excluding hydrogens is 422 g/mol. The van der Waals surface area contributed by atoms with Crippen LogP contribution < -0.4 is 20.5 Å². The fraction of sp³-hybridized carbons (Fsp3) is 0.389. The minimum Gasteiger partial charge on any atom is -0.496 e. The van der Waals surface area contributed by atoms with Crippen LogP contribution in [0.15, 0.2) is 28.9 Å². The number of ether oxygens (including phenoxy) is 2. The van der Waals surface area contributed by atoms with Gasteiger partial charge in [0.05, 0.1) is 30.1 Å². The lowest BCUT2D eigenvalue weighted by Crippen LogP contribution is -2.20. The number of aliphatic hydroxyl groups excluding tert-OH is 1. The van der Waals surface area contributed by atoms with Gasteiger partial charge in [-0.2, -0.15) is 0 Å². The second-order valence-corrected chi connectivity index (χ2v) is 6.97. The molecule has 1 aromatic carbocycles. The molecule has 0 bridgehead atoms. The van der Waals surface area contributed by atoms with Crippen LogP contribution in [0.4, 0.5) is 11.5 Å². The Hall–Kier alpha value is -1.70. The van der Waals surface area contributed by atoms with Gasteiger partial charge < -0.3 is 25.6 Å². The van der Waals surface area contributed by atoms with E-state index in [2.05, 4.69) is 40.1 Å². The summed E-state index contributed by atoms with van der Waals surface area (Å²) in [5, 5.41) is 12.2. The van der Waals surface area contributed by atoms with Crippen molar-refractivity contribution in [3.63, 3.8) is 0 Å². The monoisotopic (exact) mass is 445 g/mol. The quantitative estimate of drug-likeness (QED) is 0.577. The summed E-state index contributed by atoms with van der Waals surface area (Å²) in [5.41, 5.74) is 7.57. The lowest BCUT2D eigenvalue weighted by atomic mass is 10.0. The Morgan fingerprint density at radius 2 is 1.88 bits per heavy atom. The zero-order valence-electron chi connectivity index (χ0n) is 15.2. The molecule has 1 atom stereocenters. The number of hydrogen-bond donors (Lipinski definition) is 3. The lowest BCUT2D eigenvalue weighted by molar-refractivity contribution is 0.281. The van der Waals surface area contributed by atoms with Gasteiger partial charge in [0, 0.05) is 17.7 Å². The normalized spacial score (nSPS) is 11.7. The number of nitrogens with two attached hydrogens (primary N) is 1. The molecule has 0 saturated carbocycles. The Labute approximate surface area is 168 Å². The number of halogens is 2. The highest BCUT2D eigenvalue weighted by atomic mass is 79.9. The first-order valence-corrected chi connectivity index (χ1v) is 8.83. The molecule has 2 aromatic rings. The molecule has 4 N–H and O–H groups in total. The molecule has 144 valence electrons. The number of nitrogen functional groups attached to an aromatic ring is 1. The van der Waals surface area contributed by atoms with Gasteiger partial charge in [0.15, 0.2) is 5.75 Å². The SMILES string of the molecule is COc1cc(C(C)C)c(Oc2cnc(N[C@@H](C)CO)cc2N)cc1Br.Cl. The van der Waals surface area contributed by atoms with Gasteiger partial charge in [-0.25, -0.2) is 4.98 Å². The fourth-order valence-electron chi connectivity index (χ4n) is 2.29. The molecule has 0 fully saturated rings. The number of nitrogens with one attached hydrogen (secondary N) is 1. The smallest absolute Gasteiger partial charge is 0.168 e. The topological polar surface area (TPSA) is 89.6 Å². The van der Waals surface area contributed by atoms with Crippen molar-refractivity contribution in [2.45, 2.75) is 32.7 Å². The second kappa shape index (κ2) is 9.85. The van der Waals surface area contributed by atoms with E-state index in [0.29, 0.717) is 23.0 Å². The molecule has 1 aromatic heterocycles. The van der Waals surface area contributed by atoms with E-state index in [1.54, 1.807) is 19.4 Å². The standard InChI is InChI=1S/C18H24BrN3O3.ClH/c1-10(2)12-5-16(24-4)13(19)6-15(12)25-17-8-21-18(7-14(17)20)22-11(3)9-23;/h5-8,10-11,23H,9H2,1-4H3,(H3,20,21,22);1H/t11-;/m0./s1. The average molecular weight is 447 g/mol. The van der Waals surface area contributed by atoms with Crippen molar-refractivity contribution in [3.8, 4) is 17.2 Å². The third-order valence-electron chi connectivity index (χ3n) is 3.69. The maximum atomic E-state index is 9.11. The molecule has 2 rings (SSSR count). The summed E-state index contributed by atoms with van der Waals surface area (Å²) < 4.78 is 12.2. The first-order valence-electron chi connectivity index (χ1n) is 8.03. The molecule has 0 spiro atoms. The minimum absolute atomic E-state index is 0. The summed E-state index contributed by atoms with van der Waals surface area (Å²) >= 11 is 3.48. The summed E-state index contributed by atoms with van der Waals surface area (Å²) in [6.45, 7) is 6.03. The number of aromatic nitrogens is 1. The Morgan fingerprint density at radius 1 is 1.19 bits per heavy atom. The predicted octanol–water partition coefficient (Wildman–Crippen LogP) is 4.57. The van der Waals surface area contributed by atoms with Gasteiger partial charge >= 0.3 is 0 Å². The maximum absolute atomic E-state index is 9.11. The van der Waals surface area contributed by atoms with Gasteiger partial charge in [0.1, 0.15) is 17.3 Å². The van der Waals surface area contributed by atoms with Crippen molar-refractivity contribution in [1.29, 1.82) is 0 Å². The number of nitrogens with zero attached hydrogens (tertiary/aromatic N) is 1. The average Bonchev–Trinajstić information content (AvgIpc) is 2.57. The van der Waals surface area contributed by atoms with E-state index in [4.69, 9.17) is 20.3 Å². The predicted molar refractivity (Wildman–Crippen MR) is 111 cm³/mol. The van der Waals surface area contributed by atoms with Crippen LogP contribution in [-0.4, -0.2) is 29.8 Å². The molecule has 0 aliphatic rings. The largest absolute Gasteiger partial charge is 0.496 e. The third-order valence-corrected chi connectivity index (χ3v) is 4.31. The van der Waals surface area contributed by atoms with Crippen LogP contribution >= 0.6 is 28.3 Å². The summed E-state index contributed by atoms with van der Waals surface area (Å²) in [7, 11) is 1.63. The molecule has 8 heteroatoms. The molecule has 0 amide bonds. The zero-order chi connectivity index (χ0) is 18.6. The molecule has 0 unspecified atom stereocenters. The Balaban J connectivity index is 0.00000338. The van der Waals surface area contributed by atoms with E-state index < -0.39 is 0 Å². The number of aliphatic hydroxyl groups is 1. The molecule has 0 saturated heterocycles. The van der Waals surface area contributed by atoms with Gasteiger partial charge in [-0.05, 0) is 40.9 Å². The van der Waals surface area contributed by atoms with Crippen LogP contribution in [-0.2, 0) is 0 Å². The molecule has 26 heavy (non-hydrogen) atoms. The van der Waals surface area contributed by atoms with Gasteiger partial charge in [-0.3, -0.25) is 0 Å². The molecule has 6 nitrogen and oxygen atoms in total. The van der Waals surface area contributed by atoms with Crippen molar-refractivity contribution in [1.82, 2.24) is 4.98 Å². The number of methoxy groups -OCH3 is 1. The first kappa shape index (κ1) is 22.3. The van der Waals surface area contributed by atoms with Crippen LogP contribution in [0.1, 0.15) is 32.3 Å². The van der Waals surface area contributed by atoms with E-state index >= 15 is 0 Å². The summed E-state index contributed by atoms with van der Waals surface area (Å²) in [4.78, 5) is 4.29. The van der Waals surface area contributed by atoms with Crippen molar-refractivity contribution < 1.29 is 14.6 Å². The number of pyridine rings is 1. The van der Waals surface area contributed by atoms with Crippen LogP contribution in [0.2, 0.25) is 0 Å². The molecule has 0 aliphatic heterocycles. The first-order chi connectivity index (χ1) is 11.8. The Kier molecular flexibility index (Phi) is 8.46. The van der Waals surface area contributed by atoms with Crippen LogP contribution in [0.3, 0.4) is 0 Å². The van der Waals surface area contributed by atoms with Crippen LogP contribution in [0, 0.1) is 0 Å². The van der Waals surface area contributed by atoms with Gasteiger partial charge in [0.25, 0.3) is 0 Å². The summed E-state index contributed by atoms with van der Waals surface area (Å²) in [5.74, 6) is 2.75. The molecule has 1 heterocycles. The lowest BCUT2D eigenvalue weighted by Gasteiger charge is -2.18. The van der Waals surface area contributed by atoms with Crippen LogP contribution in [0.25, 0.3) is 0 Å². The zero-order valence-corrected chi connectivity index (χ0v) is 17.6. The number of anilines is 2. The number of benzene rings is 1. The number of rotatable bonds is 7. The molecule has 0 radical (unpaired) electrons. The molecular formula is C18H25BrClN3O3. The van der Waals surface area contributed by atoms with Gasteiger partial charge in [-0.1, -0.05) is 13.8 Å². The van der Waals surface area contributed by atoms with Crippen molar-refractivity contribution in [2.75, 3.05) is 24.8 Å². The van der Waals surface area contributed by atoms with Crippen LogP contribution in [0.5, 0.6) is 17.2 Å². The highest BCUT2D eigenvalue weighted by molar-refractivity contribution is 9.10. The Bertz CT molecular complexity index is 744. The highest BCUT2D eigenvalue weighted by Crippen LogP contribution is 2.39. The van der Waals surface area contributed by atoms with E-state index in [1.807, 2.05) is 19.1 Å². The summed E-state index contributed by atoms with van der Waals surface area (Å²) in [6.07, 6.45) is 1.57. The minimum atomic E-state index is -0.108.